The van der Waals surface area contributed by atoms with E-state index < -0.39 is 0 Å². The van der Waals surface area contributed by atoms with Crippen LogP contribution in [0.15, 0.2) is 5.38 Å². The van der Waals surface area contributed by atoms with E-state index in [1.807, 2.05) is 12.3 Å². The number of nitrogens with zero attached hydrogens (tertiary/aromatic N) is 3. The molecule has 2 aromatic heterocycles. The summed E-state index contributed by atoms with van der Waals surface area (Å²) < 4.78 is 1.53. The molecule has 0 fully saturated rings. The van der Waals surface area contributed by atoms with Crippen LogP contribution >= 0.6 is 11.3 Å². The monoisotopic (exact) mass is 209 g/mol. The molecule has 14 heavy (non-hydrogen) atoms. The second-order valence-corrected chi connectivity index (χ2v) is 3.96. The third-order valence-electron chi connectivity index (χ3n) is 2.02. The van der Waals surface area contributed by atoms with Crippen molar-refractivity contribution in [2.45, 2.75) is 6.92 Å². The van der Waals surface area contributed by atoms with E-state index in [1.54, 1.807) is 7.05 Å². The molecule has 0 aliphatic carbocycles. The first-order chi connectivity index (χ1) is 6.59. The molecule has 6 heteroatoms. The average molecular weight is 209 g/mol. The highest BCUT2D eigenvalue weighted by molar-refractivity contribution is 7.14. The Morgan fingerprint density at radius 1 is 1.43 bits per heavy atom. The lowest BCUT2D eigenvalue weighted by Crippen LogP contribution is -1.97. The normalized spacial score (nSPS) is 10.7. The molecule has 0 spiro atoms. The summed E-state index contributed by atoms with van der Waals surface area (Å²) in [6.07, 6.45) is 0. The van der Waals surface area contributed by atoms with Crippen LogP contribution in [0.2, 0.25) is 0 Å². The minimum Gasteiger partial charge on any atom is -0.397 e. The zero-order valence-corrected chi connectivity index (χ0v) is 8.80. The van der Waals surface area contributed by atoms with Gasteiger partial charge in [-0.1, -0.05) is 0 Å². The van der Waals surface area contributed by atoms with Crippen LogP contribution in [0.4, 0.5) is 11.6 Å². The van der Waals surface area contributed by atoms with E-state index in [-0.39, 0.29) is 0 Å². The standard InChI is InChI=1S/C8H11N5S/c1-4-3-14-6(5(4)9)7-11-8(10)13(2)12-7/h3H,9H2,1-2H3,(H2,10,11,12). The van der Waals surface area contributed by atoms with Crippen LogP contribution in [0.5, 0.6) is 0 Å². The summed E-state index contributed by atoms with van der Waals surface area (Å²) in [5, 5.41) is 6.15. The molecule has 2 heterocycles. The summed E-state index contributed by atoms with van der Waals surface area (Å²) in [6.45, 7) is 1.96. The number of hydrogen-bond acceptors (Lipinski definition) is 5. The van der Waals surface area contributed by atoms with Gasteiger partial charge in [0.25, 0.3) is 0 Å². The number of hydrogen-bond donors (Lipinski definition) is 2. The summed E-state index contributed by atoms with van der Waals surface area (Å²) in [5.41, 5.74) is 13.3. The van der Waals surface area contributed by atoms with Gasteiger partial charge in [0.15, 0.2) is 5.82 Å². The molecule has 74 valence electrons. The molecule has 0 radical (unpaired) electrons. The van der Waals surface area contributed by atoms with Gasteiger partial charge in [0.1, 0.15) is 0 Å². The van der Waals surface area contributed by atoms with Crippen LogP contribution < -0.4 is 11.5 Å². The number of thiophene rings is 1. The third-order valence-corrected chi connectivity index (χ3v) is 3.13. The Bertz CT molecular complexity index is 451. The van der Waals surface area contributed by atoms with Gasteiger partial charge in [-0.05, 0) is 17.9 Å². The van der Waals surface area contributed by atoms with Gasteiger partial charge >= 0.3 is 0 Å². The van der Waals surface area contributed by atoms with Crippen molar-refractivity contribution < 1.29 is 0 Å². The van der Waals surface area contributed by atoms with Crippen molar-refractivity contribution in [3.8, 4) is 10.7 Å². The summed E-state index contributed by atoms with van der Waals surface area (Å²) in [5.74, 6) is 0.992. The highest BCUT2D eigenvalue weighted by Crippen LogP contribution is 2.32. The molecule has 4 N–H and O–H groups in total. The lowest BCUT2D eigenvalue weighted by Gasteiger charge is -1.92. The van der Waals surface area contributed by atoms with Gasteiger partial charge in [-0.3, -0.25) is 0 Å². The van der Waals surface area contributed by atoms with Crippen molar-refractivity contribution in [1.82, 2.24) is 14.8 Å². The largest absolute Gasteiger partial charge is 0.397 e. The fourth-order valence-corrected chi connectivity index (χ4v) is 2.02. The fraction of sp³-hybridized carbons (Fsp3) is 0.250. The number of anilines is 2. The Labute approximate surface area is 85.4 Å². The van der Waals surface area contributed by atoms with Crippen LogP contribution in [0.1, 0.15) is 5.56 Å². The minimum absolute atomic E-state index is 0.394. The molecule has 0 aliphatic rings. The first-order valence-electron chi connectivity index (χ1n) is 4.10. The van der Waals surface area contributed by atoms with Crippen molar-refractivity contribution in [2.24, 2.45) is 7.05 Å². The van der Waals surface area contributed by atoms with E-state index in [0.29, 0.717) is 11.8 Å². The first kappa shape index (κ1) is 9.01. The molecule has 0 amide bonds. The van der Waals surface area contributed by atoms with Crippen molar-refractivity contribution in [3.63, 3.8) is 0 Å². The lowest BCUT2D eigenvalue weighted by molar-refractivity contribution is 0.781. The minimum atomic E-state index is 0.394. The summed E-state index contributed by atoms with van der Waals surface area (Å²) >= 11 is 1.53. The highest BCUT2D eigenvalue weighted by Gasteiger charge is 2.13. The smallest absolute Gasteiger partial charge is 0.218 e. The Kier molecular flexibility index (Phi) is 1.92. The van der Waals surface area contributed by atoms with Gasteiger partial charge < -0.3 is 11.5 Å². The molecule has 0 saturated carbocycles. The van der Waals surface area contributed by atoms with E-state index in [9.17, 15) is 0 Å². The Hall–Kier alpha value is -1.56. The SMILES string of the molecule is Cc1csc(-c2nc(N)n(C)n2)c1N. The molecule has 0 aromatic carbocycles. The Morgan fingerprint density at radius 3 is 2.57 bits per heavy atom. The zero-order chi connectivity index (χ0) is 10.3. The van der Waals surface area contributed by atoms with Gasteiger partial charge in [0, 0.05) is 7.05 Å². The molecule has 2 rings (SSSR count). The molecule has 0 atom stereocenters. The van der Waals surface area contributed by atoms with E-state index in [2.05, 4.69) is 10.1 Å². The van der Waals surface area contributed by atoms with Gasteiger partial charge in [-0.2, -0.15) is 4.98 Å². The van der Waals surface area contributed by atoms with Crippen LogP contribution in [0.3, 0.4) is 0 Å². The molecule has 0 aliphatic heterocycles. The topological polar surface area (TPSA) is 82.8 Å². The summed E-state index contributed by atoms with van der Waals surface area (Å²) in [7, 11) is 1.75. The molecule has 0 unspecified atom stereocenters. The van der Waals surface area contributed by atoms with E-state index in [4.69, 9.17) is 11.5 Å². The highest BCUT2D eigenvalue weighted by atomic mass is 32.1. The van der Waals surface area contributed by atoms with Crippen LogP contribution in [0, 0.1) is 6.92 Å². The predicted molar refractivity (Wildman–Crippen MR) is 57.9 cm³/mol. The zero-order valence-electron chi connectivity index (χ0n) is 7.98. The molecular weight excluding hydrogens is 198 g/mol. The Balaban J connectivity index is 2.54. The van der Waals surface area contributed by atoms with Gasteiger partial charge in [-0.15, -0.1) is 16.4 Å². The van der Waals surface area contributed by atoms with Crippen LogP contribution in [-0.2, 0) is 7.05 Å². The number of nitrogen functional groups attached to an aromatic ring is 2. The maximum absolute atomic E-state index is 5.87. The third kappa shape index (κ3) is 1.24. The van der Waals surface area contributed by atoms with Crippen molar-refractivity contribution in [2.75, 3.05) is 11.5 Å². The molecule has 5 nitrogen and oxygen atoms in total. The Morgan fingerprint density at radius 2 is 2.14 bits per heavy atom. The first-order valence-corrected chi connectivity index (χ1v) is 4.98. The van der Waals surface area contributed by atoms with Crippen LogP contribution in [-0.4, -0.2) is 14.8 Å². The number of nitrogens with two attached hydrogens (primary N) is 2. The quantitative estimate of drug-likeness (QED) is 0.734. The van der Waals surface area contributed by atoms with E-state index >= 15 is 0 Å². The van der Waals surface area contributed by atoms with E-state index in [1.165, 1.54) is 16.0 Å². The van der Waals surface area contributed by atoms with Gasteiger partial charge in [-0.25, -0.2) is 4.68 Å². The van der Waals surface area contributed by atoms with Crippen molar-refractivity contribution in [3.05, 3.63) is 10.9 Å². The average Bonchev–Trinajstić information content (AvgIpc) is 2.61. The van der Waals surface area contributed by atoms with Crippen LogP contribution in [0.25, 0.3) is 10.7 Å². The molecule has 0 bridgehead atoms. The predicted octanol–water partition coefficient (Wildman–Crippen LogP) is 1.02. The molecular formula is C8H11N5S. The molecule has 2 aromatic rings. The van der Waals surface area contributed by atoms with Crippen molar-refractivity contribution >= 4 is 23.0 Å². The summed E-state index contributed by atoms with van der Waals surface area (Å²) in [6, 6.07) is 0. The lowest BCUT2D eigenvalue weighted by atomic mass is 10.3. The second-order valence-electron chi connectivity index (χ2n) is 3.08. The second kappa shape index (κ2) is 2.98. The maximum Gasteiger partial charge on any atom is 0.218 e. The van der Waals surface area contributed by atoms with Gasteiger partial charge in [0.2, 0.25) is 5.95 Å². The maximum atomic E-state index is 5.87. The van der Waals surface area contributed by atoms with Gasteiger partial charge in [0.05, 0.1) is 10.6 Å². The summed E-state index contributed by atoms with van der Waals surface area (Å²) in [4.78, 5) is 5.00. The number of aromatic nitrogens is 3. The molecule has 0 saturated heterocycles. The number of aryl methyl sites for hydroxylation is 2. The van der Waals surface area contributed by atoms with E-state index in [0.717, 1.165) is 16.1 Å². The number of rotatable bonds is 1. The fourth-order valence-electron chi connectivity index (χ4n) is 1.12. The van der Waals surface area contributed by atoms with Crippen molar-refractivity contribution in [1.29, 1.82) is 0 Å².